The Labute approximate surface area is 259 Å². The summed E-state index contributed by atoms with van der Waals surface area (Å²) in [6.07, 6.45) is 10.3. The molecule has 4 aromatic rings. The fourth-order valence-electron chi connectivity index (χ4n) is 4.96. The molecule has 0 unspecified atom stereocenters. The van der Waals surface area contributed by atoms with Gasteiger partial charge in [0, 0.05) is 30.4 Å². The summed E-state index contributed by atoms with van der Waals surface area (Å²) in [7, 11) is 0. The third kappa shape index (κ3) is 8.50. The van der Waals surface area contributed by atoms with Crippen LogP contribution in [-0.2, 0) is 9.53 Å². The van der Waals surface area contributed by atoms with Crippen LogP contribution >= 0.6 is 11.3 Å². The number of aryl methyl sites for hydroxylation is 1. The highest BCUT2D eigenvalue weighted by molar-refractivity contribution is 7.22. The van der Waals surface area contributed by atoms with E-state index < -0.39 is 12.1 Å². The fourth-order valence-corrected chi connectivity index (χ4v) is 5.89. The van der Waals surface area contributed by atoms with Crippen molar-refractivity contribution in [1.29, 1.82) is 0 Å². The Morgan fingerprint density at radius 3 is 2.57 bits per heavy atom. The molecule has 1 aliphatic rings. The molecule has 1 aliphatic carbocycles. The summed E-state index contributed by atoms with van der Waals surface area (Å²) < 4.78 is 12.1. The first-order chi connectivity index (χ1) is 21.3. The maximum atomic E-state index is 12.5. The molecule has 44 heavy (non-hydrogen) atoms. The van der Waals surface area contributed by atoms with E-state index in [9.17, 15) is 14.4 Å². The van der Waals surface area contributed by atoms with Crippen molar-refractivity contribution < 1.29 is 29.0 Å². The van der Waals surface area contributed by atoms with Gasteiger partial charge in [0.15, 0.2) is 5.13 Å². The zero-order chi connectivity index (χ0) is 30.9. The number of thiazole rings is 1. The SMILES string of the molecule is Cc1ncc(-c2ccc3nc(NC(=O)CCCCCOc4ccc(C(=O)O)cn4)sc3c2)cc1NC(=O)OC1CCCCC1. The van der Waals surface area contributed by atoms with Gasteiger partial charge in [-0.2, -0.15) is 0 Å². The molecule has 3 N–H and O–H groups in total. The number of amides is 2. The molecule has 5 rings (SSSR count). The Balaban J connectivity index is 1.09. The van der Waals surface area contributed by atoms with E-state index in [1.54, 1.807) is 6.20 Å². The van der Waals surface area contributed by atoms with Crippen molar-refractivity contribution >= 4 is 50.3 Å². The third-order valence-electron chi connectivity index (χ3n) is 7.40. The molecule has 0 saturated heterocycles. The minimum atomic E-state index is -1.03. The van der Waals surface area contributed by atoms with Crippen LogP contribution in [0.1, 0.15) is 73.8 Å². The molecule has 11 nitrogen and oxygen atoms in total. The van der Waals surface area contributed by atoms with Gasteiger partial charge in [0.05, 0.1) is 33.8 Å². The van der Waals surface area contributed by atoms with Crippen LogP contribution in [0.4, 0.5) is 15.6 Å². The number of benzene rings is 1. The van der Waals surface area contributed by atoms with Crippen LogP contribution in [-0.4, -0.2) is 50.7 Å². The van der Waals surface area contributed by atoms with Crippen molar-refractivity contribution in [2.45, 2.75) is 70.8 Å². The van der Waals surface area contributed by atoms with E-state index in [-0.39, 0.29) is 17.6 Å². The number of fused-ring (bicyclic) bond motifs is 1. The molecule has 0 spiro atoms. The Morgan fingerprint density at radius 2 is 1.80 bits per heavy atom. The summed E-state index contributed by atoms with van der Waals surface area (Å²) in [6, 6.07) is 10.7. The second kappa shape index (κ2) is 14.7. The Morgan fingerprint density at radius 1 is 0.955 bits per heavy atom. The van der Waals surface area contributed by atoms with Crippen molar-refractivity contribution in [3.05, 3.63) is 60.0 Å². The molecule has 1 saturated carbocycles. The monoisotopic (exact) mass is 617 g/mol. The van der Waals surface area contributed by atoms with E-state index in [1.807, 2.05) is 31.2 Å². The van der Waals surface area contributed by atoms with Gasteiger partial charge in [0.1, 0.15) is 6.10 Å². The molecule has 12 heteroatoms. The van der Waals surface area contributed by atoms with Crippen molar-refractivity contribution in [1.82, 2.24) is 15.0 Å². The number of carboxylic acids is 1. The van der Waals surface area contributed by atoms with Gasteiger partial charge >= 0.3 is 12.1 Å². The van der Waals surface area contributed by atoms with Gasteiger partial charge in [-0.1, -0.05) is 23.8 Å². The molecule has 0 bridgehead atoms. The molecule has 2 amide bonds. The summed E-state index contributed by atoms with van der Waals surface area (Å²) >= 11 is 1.40. The van der Waals surface area contributed by atoms with Crippen LogP contribution in [0.5, 0.6) is 5.88 Å². The number of nitrogens with one attached hydrogen (secondary N) is 2. The van der Waals surface area contributed by atoms with Gasteiger partial charge in [0.2, 0.25) is 11.8 Å². The number of rotatable bonds is 12. The zero-order valence-electron chi connectivity index (χ0n) is 24.5. The maximum absolute atomic E-state index is 12.5. The minimum absolute atomic E-state index is 0.0283. The summed E-state index contributed by atoms with van der Waals surface area (Å²) in [5.74, 6) is -0.762. The molecule has 0 atom stereocenters. The van der Waals surface area contributed by atoms with E-state index in [1.165, 1.54) is 36.1 Å². The molecule has 0 radical (unpaired) electrons. The number of hydrogen-bond acceptors (Lipinski definition) is 9. The molecule has 1 aromatic carbocycles. The highest BCUT2D eigenvalue weighted by Gasteiger charge is 2.19. The second-order valence-corrected chi connectivity index (χ2v) is 11.8. The highest BCUT2D eigenvalue weighted by Crippen LogP contribution is 2.32. The average Bonchev–Trinajstić information content (AvgIpc) is 3.42. The number of unbranched alkanes of at least 4 members (excludes halogenated alkanes) is 2. The average molecular weight is 618 g/mol. The minimum Gasteiger partial charge on any atom is -0.478 e. The quantitative estimate of drug-likeness (QED) is 0.140. The molecule has 3 aromatic heterocycles. The van der Waals surface area contributed by atoms with Crippen LogP contribution in [0.3, 0.4) is 0 Å². The predicted octanol–water partition coefficient (Wildman–Crippen LogP) is 7.22. The number of aromatic nitrogens is 3. The van der Waals surface area contributed by atoms with Gasteiger partial charge in [-0.05, 0) is 81.7 Å². The van der Waals surface area contributed by atoms with Crippen molar-refractivity contribution in [3.63, 3.8) is 0 Å². The number of carbonyl (C=O) groups excluding carboxylic acids is 2. The van der Waals surface area contributed by atoms with Crippen molar-refractivity contribution in [2.24, 2.45) is 0 Å². The number of pyridine rings is 2. The smallest absolute Gasteiger partial charge is 0.411 e. The molecule has 3 heterocycles. The molecule has 0 aliphatic heterocycles. The van der Waals surface area contributed by atoms with Crippen LogP contribution in [0, 0.1) is 6.92 Å². The van der Waals surface area contributed by atoms with Crippen LogP contribution in [0.15, 0.2) is 48.8 Å². The summed E-state index contributed by atoms with van der Waals surface area (Å²) in [5.41, 5.74) is 3.97. The molecule has 1 fully saturated rings. The van der Waals surface area contributed by atoms with E-state index in [0.29, 0.717) is 41.8 Å². The standard InChI is InChI=1S/C32H35N5O6S/c1-20-26(36-32(41)43-24-8-4-2-5-9-24)16-23(19-33-20)21-11-13-25-27(17-21)44-31(35-25)37-28(38)10-6-3-7-15-42-29-14-12-22(18-34-29)30(39)40/h11-14,16-19,24H,2-10,15H2,1H3,(H,36,41)(H,39,40)(H,35,37,38). The Hall–Kier alpha value is -4.58. The fraction of sp³-hybridized carbons (Fsp3) is 0.375. The molecular weight excluding hydrogens is 582 g/mol. The maximum Gasteiger partial charge on any atom is 0.411 e. The lowest BCUT2D eigenvalue weighted by Crippen LogP contribution is -2.24. The lowest BCUT2D eigenvalue weighted by atomic mass is 9.98. The van der Waals surface area contributed by atoms with E-state index >= 15 is 0 Å². The number of ether oxygens (including phenoxy) is 2. The largest absolute Gasteiger partial charge is 0.478 e. The van der Waals surface area contributed by atoms with E-state index in [4.69, 9.17) is 14.6 Å². The summed E-state index contributed by atoms with van der Waals surface area (Å²) in [6.45, 7) is 2.27. The third-order valence-corrected chi connectivity index (χ3v) is 8.33. The lowest BCUT2D eigenvalue weighted by Gasteiger charge is -2.22. The molecule has 230 valence electrons. The number of aromatic carboxylic acids is 1. The number of carbonyl (C=O) groups is 3. The lowest BCUT2D eigenvalue weighted by molar-refractivity contribution is -0.116. The normalized spacial score (nSPS) is 13.4. The number of anilines is 2. The first kappa shape index (κ1) is 30.9. The van der Waals surface area contributed by atoms with Gasteiger partial charge in [-0.3, -0.25) is 15.1 Å². The second-order valence-electron chi connectivity index (χ2n) is 10.7. The summed E-state index contributed by atoms with van der Waals surface area (Å²) in [5, 5.41) is 15.2. The van der Waals surface area contributed by atoms with Gasteiger partial charge in [0.25, 0.3) is 0 Å². The summed E-state index contributed by atoms with van der Waals surface area (Å²) in [4.78, 5) is 48.9. The van der Waals surface area contributed by atoms with Gasteiger partial charge in [-0.15, -0.1) is 0 Å². The Bertz CT molecular complexity index is 1620. The van der Waals surface area contributed by atoms with Gasteiger partial charge < -0.3 is 19.9 Å². The van der Waals surface area contributed by atoms with Crippen LogP contribution in [0.2, 0.25) is 0 Å². The van der Waals surface area contributed by atoms with Crippen molar-refractivity contribution in [3.8, 4) is 17.0 Å². The zero-order valence-corrected chi connectivity index (χ0v) is 25.3. The number of hydrogen-bond donors (Lipinski definition) is 3. The topological polar surface area (TPSA) is 153 Å². The van der Waals surface area contributed by atoms with E-state index in [2.05, 4.69) is 25.6 Å². The predicted molar refractivity (Wildman–Crippen MR) is 168 cm³/mol. The first-order valence-corrected chi connectivity index (χ1v) is 15.6. The first-order valence-electron chi connectivity index (χ1n) is 14.8. The van der Waals surface area contributed by atoms with E-state index in [0.717, 1.165) is 59.9 Å². The number of nitrogens with zero attached hydrogens (tertiary/aromatic N) is 3. The molecular formula is C32H35N5O6S. The van der Waals surface area contributed by atoms with Crippen LogP contribution < -0.4 is 15.4 Å². The Kier molecular flexibility index (Phi) is 10.3. The van der Waals surface area contributed by atoms with Gasteiger partial charge in [-0.25, -0.2) is 19.6 Å². The van der Waals surface area contributed by atoms with Crippen LogP contribution in [0.25, 0.3) is 21.3 Å². The number of carboxylic acid groups (broad SMARTS) is 1. The highest BCUT2D eigenvalue weighted by atomic mass is 32.1. The van der Waals surface area contributed by atoms with Crippen molar-refractivity contribution in [2.75, 3.05) is 17.2 Å².